The number of halogens is 3. The predicted octanol–water partition coefficient (Wildman–Crippen LogP) is 5.28. The zero-order chi connectivity index (χ0) is 24.3. The largest absolute Gasteiger partial charge is 0.353 e. The Morgan fingerprint density at radius 2 is 1.97 bits per heavy atom. The van der Waals surface area contributed by atoms with Crippen molar-refractivity contribution in [2.24, 2.45) is 11.3 Å². The van der Waals surface area contributed by atoms with Gasteiger partial charge in [0.1, 0.15) is 11.6 Å². The van der Waals surface area contributed by atoms with Crippen molar-refractivity contribution < 1.29 is 18.4 Å². The van der Waals surface area contributed by atoms with Crippen molar-refractivity contribution in [1.82, 2.24) is 15.6 Å². The van der Waals surface area contributed by atoms with Crippen molar-refractivity contribution in [3.8, 4) is 0 Å². The van der Waals surface area contributed by atoms with Gasteiger partial charge < -0.3 is 10.6 Å². The number of carbonyl (C=O) groups is 2. The Bertz CT molecular complexity index is 1040. The number of aromatic nitrogens is 1. The molecule has 8 heteroatoms. The first kappa shape index (κ1) is 24.6. The molecule has 4 rings (SSSR count). The van der Waals surface area contributed by atoms with Crippen LogP contribution in [-0.4, -0.2) is 22.8 Å². The molecule has 2 aliphatic rings. The molecule has 2 aromatic rings. The molecule has 0 aliphatic heterocycles. The maximum atomic E-state index is 15.0. The van der Waals surface area contributed by atoms with Crippen molar-refractivity contribution in [2.75, 3.05) is 0 Å². The second kappa shape index (κ2) is 10.4. The standard InChI is InChI=1S/C26H30ClF2N3O2/c1-26(10-2-3-11-26)24(22-20(28)9-8-19(27)23(22)29)32-25(34)17-6-7-18(14-17)31-21(33)13-16-5-4-12-30-15-16/h4-5,8-9,12,15,17-18,24H,2-3,6-7,10-11,13-14H2,1H3,(H,31,33)(H,32,34)/t17-,18+,24-/m1/s1. The van der Waals surface area contributed by atoms with Crippen LogP contribution in [0.15, 0.2) is 36.7 Å². The molecular formula is C26H30ClF2N3O2. The number of amides is 2. The first-order chi connectivity index (χ1) is 16.3. The highest BCUT2D eigenvalue weighted by molar-refractivity contribution is 6.30. The molecule has 0 unspecified atom stereocenters. The van der Waals surface area contributed by atoms with Crippen molar-refractivity contribution in [3.05, 3.63) is 64.4 Å². The summed E-state index contributed by atoms with van der Waals surface area (Å²) in [6.45, 7) is 1.97. The summed E-state index contributed by atoms with van der Waals surface area (Å²) in [5.74, 6) is -2.19. The molecular weight excluding hydrogens is 460 g/mol. The lowest BCUT2D eigenvalue weighted by Crippen LogP contribution is -2.42. The van der Waals surface area contributed by atoms with Gasteiger partial charge in [-0.05, 0) is 61.3 Å². The highest BCUT2D eigenvalue weighted by Gasteiger charge is 2.43. The Balaban J connectivity index is 1.43. The first-order valence-corrected chi connectivity index (χ1v) is 12.3. The molecule has 1 aromatic carbocycles. The summed E-state index contributed by atoms with van der Waals surface area (Å²) in [6, 6.07) is 5.06. The molecule has 5 nitrogen and oxygen atoms in total. The monoisotopic (exact) mass is 489 g/mol. The Morgan fingerprint density at radius 1 is 1.21 bits per heavy atom. The molecule has 1 heterocycles. The van der Waals surface area contributed by atoms with Crippen LogP contribution in [0.2, 0.25) is 5.02 Å². The summed E-state index contributed by atoms with van der Waals surface area (Å²) in [5.41, 5.74) is 0.202. The van der Waals surface area contributed by atoms with Crippen molar-refractivity contribution in [3.63, 3.8) is 0 Å². The normalized spacial score (nSPS) is 22.4. The molecule has 3 atom stereocenters. The lowest BCUT2D eigenvalue weighted by Gasteiger charge is -2.36. The molecule has 1 aromatic heterocycles. The van der Waals surface area contributed by atoms with Crippen LogP contribution in [0.3, 0.4) is 0 Å². The quantitative estimate of drug-likeness (QED) is 0.520. The summed E-state index contributed by atoms with van der Waals surface area (Å²) >= 11 is 5.97. The van der Waals surface area contributed by atoms with E-state index >= 15 is 0 Å². The molecule has 2 amide bonds. The minimum absolute atomic E-state index is 0.111. The summed E-state index contributed by atoms with van der Waals surface area (Å²) in [4.78, 5) is 29.7. The van der Waals surface area contributed by atoms with Gasteiger partial charge in [-0.1, -0.05) is 37.4 Å². The Hall–Kier alpha value is -2.54. The van der Waals surface area contributed by atoms with Crippen LogP contribution >= 0.6 is 11.6 Å². The molecule has 2 saturated carbocycles. The summed E-state index contributed by atoms with van der Waals surface area (Å²) in [7, 11) is 0. The maximum absolute atomic E-state index is 15.0. The van der Waals surface area contributed by atoms with Gasteiger partial charge in [-0.2, -0.15) is 0 Å². The van der Waals surface area contributed by atoms with Crippen LogP contribution in [0.4, 0.5) is 8.78 Å². The number of hydrogen-bond acceptors (Lipinski definition) is 3. The minimum Gasteiger partial charge on any atom is -0.353 e. The third-order valence-electron chi connectivity index (χ3n) is 7.35. The molecule has 34 heavy (non-hydrogen) atoms. The second-order valence-corrected chi connectivity index (χ2v) is 10.3. The van der Waals surface area contributed by atoms with E-state index < -0.39 is 23.1 Å². The average molecular weight is 490 g/mol. The fraction of sp³-hybridized carbons (Fsp3) is 0.500. The van der Waals surface area contributed by atoms with Gasteiger partial charge in [-0.15, -0.1) is 0 Å². The van der Waals surface area contributed by atoms with Gasteiger partial charge in [0.15, 0.2) is 0 Å². The van der Waals surface area contributed by atoms with E-state index in [-0.39, 0.29) is 40.8 Å². The van der Waals surface area contributed by atoms with Crippen molar-refractivity contribution in [2.45, 2.75) is 70.4 Å². The number of hydrogen-bond donors (Lipinski definition) is 2. The van der Waals surface area contributed by atoms with Gasteiger partial charge in [0.2, 0.25) is 11.8 Å². The second-order valence-electron chi connectivity index (χ2n) is 9.87. The number of carbonyl (C=O) groups excluding carboxylic acids is 2. The van der Waals surface area contributed by atoms with Crippen molar-refractivity contribution >= 4 is 23.4 Å². The molecule has 0 spiro atoms. The van der Waals surface area contributed by atoms with E-state index in [0.717, 1.165) is 37.3 Å². The zero-order valence-electron chi connectivity index (χ0n) is 19.3. The van der Waals surface area contributed by atoms with Crippen LogP contribution in [-0.2, 0) is 16.0 Å². The SMILES string of the molecule is CC1([C@H](NC(=O)[C@@H]2CC[C@H](NC(=O)Cc3cccnc3)C2)c2c(F)ccc(Cl)c2F)CCCC1. The Kier molecular flexibility index (Phi) is 7.51. The number of pyridine rings is 1. The van der Waals surface area contributed by atoms with Gasteiger partial charge >= 0.3 is 0 Å². The highest BCUT2D eigenvalue weighted by atomic mass is 35.5. The summed E-state index contributed by atoms with van der Waals surface area (Å²) in [5, 5.41) is 5.83. The van der Waals surface area contributed by atoms with E-state index in [1.165, 1.54) is 6.07 Å². The summed E-state index contributed by atoms with van der Waals surface area (Å²) < 4.78 is 29.8. The van der Waals surface area contributed by atoms with Crippen LogP contribution in [0.1, 0.15) is 69.0 Å². The van der Waals surface area contributed by atoms with Gasteiger partial charge in [0.05, 0.1) is 17.5 Å². The van der Waals surface area contributed by atoms with E-state index in [0.29, 0.717) is 19.3 Å². The maximum Gasteiger partial charge on any atom is 0.224 e. The topological polar surface area (TPSA) is 71.1 Å². The van der Waals surface area contributed by atoms with Crippen LogP contribution < -0.4 is 10.6 Å². The fourth-order valence-electron chi connectivity index (χ4n) is 5.45. The number of rotatable bonds is 7. The molecule has 2 fully saturated rings. The third-order valence-corrected chi connectivity index (χ3v) is 7.65. The fourth-order valence-corrected chi connectivity index (χ4v) is 5.62. The van der Waals surface area contributed by atoms with Gasteiger partial charge in [0, 0.05) is 29.9 Å². The van der Waals surface area contributed by atoms with E-state index in [4.69, 9.17) is 11.6 Å². The van der Waals surface area contributed by atoms with E-state index in [1.54, 1.807) is 18.5 Å². The molecule has 2 N–H and O–H groups in total. The van der Waals surface area contributed by atoms with Gasteiger partial charge in [-0.3, -0.25) is 14.6 Å². The smallest absolute Gasteiger partial charge is 0.224 e. The first-order valence-electron chi connectivity index (χ1n) is 11.9. The Labute approximate surface area is 203 Å². The number of nitrogens with zero attached hydrogens (tertiary/aromatic N) is 1. The molecule has 0 bridgehead atoms. The van der Waals surface area contributed by atoms with Gasteiger partial charge in [0.25, 0.3) is 0 Å². The van der Waals surface area contributed by atoms with E-state index in [2.05, 4.69) is 15.6 Å². The van der Waals surface area contributed by atoms with Crippen LogP contribution in [0.25, 0.3) is 0 Å². The third kappa shape index (κ3) is 5.40. The van der Waals surface area contributed by atoms with E-state index in [1.807, 2.05) is 13.0 Å². The average Bonchev–Trinajstić information content (AvgIpc) is 3.46. The predicted molar refractivity (Wildman–Crippen MR) is 126 cm³/mol. The zero-order valence-corrected chi connectivity index (χ0v) is 20.0. The summed E-state index contributed by atoms with van der Waals surface area (Å²) in [6.07, 6.45) is 8.74. The molecule has 0 saturated heterocycles. The number of benzene rings is 1. The van der Waals surface area contributed by atoms with Crippen LogP contribution in [0, 0.1) is 23.0 Å². The van der Waals surface area contributed by atoms with Gasteiger partial charge in [-0.25, -0.2) is 8.78 Å². The highest BCUT2D eigenvalue weighted by Crippen LogP contribution is 2.49. The van der Waals surface area contributed by atoms with Crippen LogP contribution in [0.5, 0.6) is 0 Å². The molecule has 2 aliphatic carbocycles. The number of nitrogens with one attached hydrogen (secondary N) is 2. The Morgan fingerprint density at radius 3 is 2.68 bits per heavy atom. The lowest BCUT2D eigenvalue weighted by atomic mass is 9.76. The molecule has 0 radical (unpaired) electrons. The minimum atomic E-state index is -0.813. The molecule has 182 valence electrons. The van der Waals surface area contributed by atoms with E-state index in [9.17, 15) is 18.4 Å². The van der Waals surface area contributed by atoms with Crippen molar-refractivity contribution in [1.29, 1.82) is 0 Å². The lowest BCUT2D eigenvalue weighted by molar-refractivity contribution is -0.127.